The van der Waals surface area contributed by atoms with Gasteiger partial charge in [-0.3, -0.25) is 13.8 Å². The van der Waals surface area contributed by atoms with E-state index in [4.69, 9.17) is 18.5 Å². The average Bonchev–Trinajstić information content (AvgIpc) is 3.22. The molecule has 0 aliphatic rings. The minimum atomic E-state index is -4.29. The molecular weight excluding hydrogens is 782 g/mol. The molecule has 61 heavy (non-hydrogen) atoms. The third kappa shape index (κ3) is 48.8. The maximum Gasteiger partial charge on any atom is 0.472 e. The first kappa shape index (κ1) is 58.9. The molecule has 0 amide bonds. The van der Waals surface area contributed by atoms with Crippen LogP contribution in [0.1, 0.15) is 194 Å². The van der Waals surface area contributed by atoms with Gasteiger partial charge in [0.15, 0.2) is 0 Å². The molecule has 0 aliphatic carbocycles. The van der Waals surface area contributed by atoms with Crippen molar-refractivity contribution >= 4 is 13.8 Å². The van der Waals surface area contributed by atoms with Crippen LogP contribution in [0.2, 0.25) is 0 Å². The fourth-order valence-electron chi connectivity index (χ4n) is 6.46. The third-order valence-corrected chi connectivity index (χ3v) is 11.2. The van der Waals surface area contributed by atoms with E-state index in [2.05, 4.69) is 86.8 Å². The van der Waals surface area contributed by atoms with Crippen LogP contribution < -0.4 is 0 Å². The monoisotopic (exact) mass is 877 g/mol. The van der Waals surface area contributed by atoms with Gasteiger partial charge in [-0.25, -0.2) is 4.57 Å². The summed E-state index contributed by atoms with van der Waals surface area (Å²) in [6.45, 7) is 5.45. The summed E-state index contributed by atoms with van der Waals surface area (Å²) in [6.07, 6.45) is 58.0. The van der Waals surface area contributed by atoms with Gasteiger partial charge in [-0.2, -0.15) is 0 Å². The fraction of sp³-hybridized carbons (Fsp3) is 0.750. The normalized spacial score (nSPS) is 14.3. The predicted octanol–water partition coefficient (Wildman–Crippen LogP) is 15.1. The number of likely N-dealkylation sites (N-methyl/N-ethyl adjacent to an activating group) is 1. The maximum absolute atomic E-state index is 12.7. The van der Waals surface area contributed by atoms with Crippen LogP contribution in [0.5, 0.6) is 0 Å². The number of rotatable bonds is 45. The standard InChI is InChI=1S/C52H94NO7P/c1-6-8-10-12-14-16-18-20-22-24-25-26-27-28-29-30-31-33-35-37-39-41-43-45-52(54)60-51(50-59-61(55,56)58-48-46-53(3,4)5)49-57-47-44-42-40-38-36-34-32-23-21-19-17-15-13-11-9-7-2/h9,11,15,17-18,20-21,23-25,27-28,51H,6-8,10,12-14,16,19,22,26,29-50H2,1-5H3/p+1/b11-9-,17-15-,20-18-,23-21-,25-24-,28-27-. The van der Waals surface area contributed by atoms with E-state index in [0.29, 0.717) is 24.1 Å². The number of unbranched alkanes of at least 4 members (excludes halogenated alkanes) is 19. The van der Waals surface area contributed by atoms with E-state index < -0.39 is 13.9 Å². The van der Waals surface area contributed by atoms with Gasteiger partial charge in [0.1, 0.15) is 19.3 Å². The summed E-state index contributed by atoms with van der Waals surface area (Å²) in [5, 5.41) is 0. The largest absolute Gasteiger partial charge is 0.472 e. The molecule has 0 rings (SSSR count). The Morgan fingerprint density at radius 3 is 1.43 bits per heavy atom. The van der Waals surface area contributed by atoms with Crippen LogP contribution in [0.4, 0.5) is 0 Å². The van der Waals surface area contributed by atoms with Crippen LogP contribution in [0.25, 0.3) is 0 Å². The van der Waals surface area contributed by atoms with Gasteiger partial charge in [0, 0.05) is 13.0 Å². The minimum absolute atomic E-state index is 0.0806. The summed E-state index contributed by atoms with van der Waals surface area (Å²) in [4.78, 5) is 23.0. The Bertz CT molecular complexity index is 1200. The predicted molar refractivity (Wildman–Crippen MR) is 261 cm³/mol. The molecule has 9 heteroatoms. The van der Waals surface area contributed by atoms with Gasteiger partial charge in [0.2, 0.25) is 0 Å². The lowest BCUT2D eigenvalue weighted by atomic mass is 10.1. The number of nitrogens with zero attached hydrogens (tertiary/aromatic N) is 1. The molecule has 0 bridgehead atoms. The molecule has 0 aromatic carbocycles. The fourth-order valence-corrected chi connectivity index (χ4v) is 7.20. The number of quaternary nitrogens is 1. The molecule has 0 aromatic heterocycles. The summed E-state index contributed by atoms with van der Waals surface area (Å²) in [5.74, 6) is -0.328. The summed E-state index contributed by atoms with van der Waals surface area (Å²) in [6, 6.07) is 0. The Morgan fingerprint density at radius 2 is 0.951 bits per heavy atom. The number of allylic oxidation sites excluding steroid dienone is 12. The van der Waals surface area contributed by atoms with Crippen molar-refractivity contribution in [3.8, 4) is 0 Å². The van der Waals surface area contributed by atoms with Crippen LogP contribution >= 0.6 is 7.82 Å². The van der Waals surface area contributed by atoms with Crippen molar-refractivity contribution in [2.45, 2.75) is 200 Å². The van der Waals surface area contributed by atoms with Crippen molar-refractivity contribution in [3.05, 3.63) is 72.9 Å². The minimum Gasteiger partial charge on any atom is -0.457 e. The molecule has 0 fully saturated rings. The van der Waals surface area contributed by atoms with E-state index >= 15 is 0 Å². The van der Waals surface area contributed by atoms with E-state index in [0.717, 1.165) is 83.5 Å². The Labute approximate surface area is 376 Å². The Hall–Kier alpha value is -2.06. The average molecular weight is 877 g/mol. The first-order chi connectivity index (χ1) is 29.6. The molecule has 8 nitrogen and oxygen atoms in total. The Balaban J connectivity index is 4.20. The van der Waals surface area contributed by atoms with Gasteiger partial charge in [-0.05, 0) is 83.5 Å². The molecule has 2 unspecified atom stereocenters. The van der Waals surface area contributed by atoms with Crippen molar-refractivity contribution in [1.82, 2.24) is 0 Å². The van der Waals surface area contributed by atoms with Crippen LogP contribution in [0.3, 0.4) is 0 Å². The number of carbonyl (C=O) groups excluding carboxylic acids is 1. The zero-order valence-electron chi connectivity index (χ0n) is 40.1. The van der Waals surface area contributed by atoms with E-state index in [-0.39, 0.29) is 25.8 Å². The van der Waals surface area contributed by atoms with E-state index in [1.165, 1.54) is 89.9 Å². The van der Waals surface area contributed by atoms with E-state index in [1.54, 1.807) is 0 Å². The molecule has 0 saturated carbocycles. The molecule has 0 spiro atoms. The topological polar surface area (TPSA) is 91.3 Å². The van der Waals surface area contributed by atoms with Gasteiger partial charge in [-0.15, -0.1) is 0 Å². The van der Waals surface area contributed by atoms with Crippen LogP contribution in [0, 0.1) is 0 Å². The molecule has 354 valence electrons. The Morgan fingerprint density at radius 1 is 0.525 bits per heavy atom. The summed E-state index contributed by atoms with van der Waals surface area (Å²) < 4.78 is 35.1. The molecule has 2 atom stereocenters. The molecule has 1 N–H and O–H groups in total. The van der Waals surface area contributed by atoms with Crippen molar-refractivity contribution in [2.24, 2.45) is 0 Å². The second-order valence-electron chi connectivity index (χ2n) is 17.5. The van der Waals surface area contributed by atoms with Crippen molar-refractivity contribution in [1.29, 1.82) is 0 Å². The highest BCUT2D eigenvalue weighted by molar-refractivity contribution is 7.47. The van der Waals surface area contributed by atoms with Crippen LogP contribution in [0.15, 0.2) is 72.9 Å². The summed E-state index contributed by atoms with van der Waals surface area (Å²) >= 11 is 0. The van der Waals surface area contributed by atoms with E-state index in [9.17, 15) is 14.3 Å². The molecule has 0 saturated heterocycles. The van der Waals surface area contributed by atoms with Crippen LogP contribution in [-0.2, 0) is 27.9 Å². The molecule has 0 aromatic rings. The van der Waals surface area contributed by atoms with Crippen molar-refractivity contribution in [3.63, 3.8) is 0 Å². The van der Waals surface area contributed by atoms with Crippen molar-refractivity contribution < 1.29 is 37.3 Å². The Kier molecular flexibility index (Phi) is 43.0. The highest BCUT2D eigenvalue weighted by Gasteiger charge is 2.26. The smallest absolute Gasteiger partial charge is 0.457 e. The van der Waals surface area contributed by atoms with E-state index in [1.807, 2.05) is 21.1 Å². The number of carbonyl (C=O) groups is 1. The summed E-state index contributed by atoms with van der Waals surface area (Å²) in [7, 11) is 1.64. The highest BCUT2D eigenvalue weighted by atomic mass is 31.2. The number of hydrogen-bond donors (Lipinski definition) is 1. The van der Waals surface area contributed by atoms with Crippen LogP contribution in [-0.4, -0.2) is 75.6 Å². The number of esters is 1. The van der Waals surface area contributed by atoms with Gasteiger partial charge in [0.25, 0.3) is 0 Å². The number of ether oxygens (including phenoxy) is 2. The first-order valence-corrected chi connectivity index (χ1v) is 26.2. The number of phosphoric ester groups is 1. The lowest BCUT2D eigenvalue weighted by Gasteiger charge is -2.24. The number of phosphoric acid groups is 1. The quantitative estimate of drug-likeness (QED) is 0.0214. The molecular formula is C52H95NO7P+. The lowest BCUT2D eigenvalue weighted by Crippen LogP contribution is -2.37. The zero-order chi connectivity index (χ0) is 44.8. The van der Waals surface area contributed by atoms with Crippen molar-refractivity contribution in [2.75, 3.05) is 54.1 Å². The van der Waals surface area contributed by atoms with Gasteiger partial charge in [0.05, 0.1) is 34.4 Å². The maximum atomic E-state index is 12.7. The zero-order valence-corrected chi connectivity index (χ0v) is 41.0. The SMILES string of the molecule is CC/C=C\C/C=C\C/C=C\CCCCCCCCOCC(COP(=O)(O)OCC[N+](C)(C)C)OC(=O)CCCCCCCCCC/C=C\C/C=C\C/C=C\CCCCCCC. The van der Waals surface area contributed by atoms with Gasteiger partial charge < -0.3 is 18.9 Å². The first-order valence-electron chi connectivity index (χ1n) is 24.7. The van der Waals surface area contributed by atoms with Gasteiger partial charge in [-0.1, -0.05) is 177 Å². The lowest BCUT2D eigenvalue weighted by molar-refractivity contribution is -0.870. The third-order valence-electron chi connectivity index (χ3n) is 10.3. The highest BCUT2D eigenvalue weighted by Crippen LogP contribution is 2.43. The van der Waals surface area contributed by atoms with Gasteiger partial charge >= 0.3 is 13.8 Å². The molecule has 0 heterocycles. The second kappa shape index (κ2) is 44.5. The summed E-state index contributed by atoms with van der Waals surface area (Å²) in [5.41, 5.74) is 0. The molecule has 0 aliphatic heterocycles. The number of hydrogen-bond acceptors (Lipinski definition) is 6. The molecule has 0 radical (unpaired) electrons. The second-order valence-corrected chi connectivity index (χ2v) is 18.9.